The minimum Gasteiger partial charge on any atom is -0.0881 e. The van der Waals surface area contributed by atoms with Gasteiger partial charge in [0.05, 0.1) is 0 Å². The lowest BCUT2D eigenvalue weighted by molar-refractivity contribution is 0.615. The Hall–Kier alpha value is 0.960. The molecule has 0 spiro atoms. The van der Waals surface area contributed by atoms with Crippen LogP contribution in [0.4, 0.5) is 0 Å². The molecule has 0 nitrogen and oxygen atoms in total. The molecular weight excluding hydrogens is 232 g/mol. The van der Waals surface area contributed by atoms with Crippen LogP contribution in [-0.2, 0) is 0 Å². The third-order valence-corrected chi connectivity index (χ3v) is 4.20. The van der Waals surface area contributed by atoms with Gasteiger partial charge in [-0.2, -0.15) is 0 Å². The molecule has 0 bridgehead atoms. The molecule has 0 radical (unpaired) electrons. The van der Waals surface area contributed by atoms with Gasteiger partial charge < -0.3 is 0 Å². The predicted octanol–water partition coefficient (Wildman–Crippen LogP) is 3.19. The molecule has 0 saturated heterocycles. The zero-order valence-electron chi connectivity index (χ0n) is 5.49. The number of alkyl halides is 2. The summed E-state index contributed by atoms with van der Waals surface area (Å²) in [6, 6.07) is 0. The molecule has 0 fully saturated rings. The molecule has 0 N–H and O–H groups in total. The van der Waals surface area contributed by atoms with Gasteiger partial charge in [0, 0.05) is 9.65 Å². The average Bonchev–Trinajstić information content (AvgIpc) is 1.64. The Balaban J connectivity index is 3.46. The van der Waals surface area contributed by atoms with Crippen LogP contribution in [0.2, 0.25) is 0 Å². The van der Waals surface area contributed by atoms with E-state index in [1.54, 1.807) is 0 Å². The molecule has 0 aromatic rings. The maximum absolute atomic E-state index is 3.56. The summed E-state index contributed by atoms with van der Waals surface area (Å²) in [5, 5.41) is 0. The molecule has 0 aliphatic carbocycles. The zero-order valence-corrected chi connectivity index (χ0v) is 8.66. The van der Waals surface area contributed by atoms with Gasteiger partial charge in [0.2, 0.25) is 0 Å². The van der Waals surface area contributed by atoms with E-state index in [1.165, 1.54) is 0 Å². The van der Waals surface area contributed by atoms with Crippen LogP contribution in [0.3, 0.4) is 0 Å². The van der Waals surface area contributed by atoms with E-state index in [9.17, 15) is 0 Å². The molecule has 0 aromatic carbocycles. The lowest BCUT2D eigenvalue weighted by atomic mass is 10.1. The fourth-order valence-corrected chi connectivity index (χ4v) is 1.14. The van der Waals surface area contributed by atoms with E-state index in [2.05, 4.69) is 52.6 Å². The number of halogens is 2. The van der Waals surface area contributed by atoms with Crippen LogP contribution >= 0.6 is 31.9 Å². The Morgan fingerprint density at radius 3 is 1.38 bits per heavy atom. The molecule has 0 rings (SSSR count). The SMILES string of the molecule is CC(C)[C@H](Br)[C@@H](C)Br. The molecule has 50 valence electrons. The van der Waals surface area contributed by atoms with Gasteiger partial charge in [0.1, 0.15) is 0 Å². The maximum atomic E-state index is 3.56. The lowest BCUT2D eigenvalue weighted by Gasteiger charge is -2.15. The summed E-state index contributed by atoms with van der Waals surface area (Å²) in [6.45, 7) is 6.56. The Morgan fingerprint density at radius 2 is 1.38 bits per heavy atom. The third kappa shape index (κ3) is 3.08. The van der Waals surface area contributed by atoms with Crippen molar-refractivity contribution in [3.05, 3.63) is 0 Å². The van der Waals surface area contributed by atoms with Crippen LogP contribution in [0.15, 0.2) is 0 Å². The first-order chi connectivity index (χ1) is 3.55. The van der Waals surface area contributed by atoms with E-state index in [1.807, 2.05) is 0 Å². The third-order valence-electron chi connectivity index (χ3n) is 1.08. The maximum Gasteiger partial charge on any atom is 0.0291 e. The van der Waals surface area contributed by atoms with Crippen LogP contribution in [0.25, 0.3) is 0 Å². The summed E-state index contributed by atoms with van der Waals surface area (Å²) in [7, 11) is 0. The monoisotopic (exact) mass is 242 g/mol. The van der Waals surface area contributed by atoms with E-state index >= 15 is 0 Å². The van der Waals surface area contributed by atoms with E-state index in [-0.39, 0.29) is 0 Å². The molecule has 0 amide bonds. The second kappa shape index (κ2) is 3.89. The van der Waals surface area contributed by atoms with Crippen molar-refractivity contribution in [2.24, 2.45) is 5.92 Å². The Kier molecular flexibility index (Phi) is 4.35. The van der Waals surface area contributed by atoms with Crippen LogP contribution in [0.1, 0.15) is 20.8 Å². The zero-order chi connectivity index (χ0) is 6.73. The highest BCUT2D eigenvalue weighted by Gasteiger charge is 2.13. The van der Waals surface area contributed by atoms with E-state index in [0.29, 0.717) is 15.6 Å². The molecule has 2 atom stereocenters. The topological polar surface area (TPSA) is 0 Å². The number of rotatable bonds is 2. The largest absolute Gasteiger partial charge is 0.0881 e. The first-order valence-electron chi connectivity index (χ1n) is 2.84. The van der Waals surface area contributed by atoms with Crippen molar-refractivity contribution in [3.63, 3.8) is 0 Å². The van der Waals surface area contributed by atoms with Crippen LogP contribution in [0, 0.1) is 5.92 Å². The van der Waals surface area contributed by atoms with Crippen LogP contribution in [-0.4, -0.2) is 9.65 Å². The molecule has 0 saturated carbocycles. The first kappa shape index (κ1) is 8.96. The summed E-state index contributed by atoms with van der Waals surface area (Å²) in [6.07, 6.45) is 0. The van der Waals surface area contributed by atoms with Crippen molar-refractivity contribution in [2.45, 2.75) is 30.4 Å². The van der Waals surface area contributed by atoms with Crippen LogP contribution < -0.4 is 0 Å². The lowest BCUT2D eigenvalue weighted by Crippen LogP contribution is -2.16. The molecular formula is C6H12Br2. The minimum atomic E-state index is 0.572. The standard InChI is InChI=1S/C6H12Br2/c1-4(2)6(8)5(3)7/h4-6H,1-3H3/t5-,6+/m1/s1. The highest BCUT2D eigenvalue weighted by molar-refractivity contribution is 9.12. The van der Waals surface area contributed by atoms with Gasteiger partial charge in [-0.1, -0.05) is 52.6 Å². The molecule has 0 unspecified atom stereocenters. The highest BCUT2D eigenvalue weighted by atomic mass is 79.9. The van der Waals surface area contributed by atoms with Crippen molar-refractivity contribution in [1.82, 2.24) is 0 Å². The molecule has 0 aliphatic rings. The van der Waals surface area contributed by atoms with Crippen molar-refractivity contribution in [1.29, 1.82) is 0 Å². The van der Waals surface area contributed by atoms with Gasteiger partial charge >= 0.3 is 0 Å². The van der Waals surface area contributed by atoms with E-state index in [4.69, 9.17) is 0 Å². The smallest absolute Gasteiger partial charge is 0.0291 e. The van der Waals surface area contributed by atoms with Crippen molar-refractivity contribution < 1.29 is 0 Å². The van der Waals surface area contributed by atoms with Gasteiger partial charge in [0.15, 0.2) is 0 Å². The Morgan fingerprint density at radius 1 is 1.00 bits per heavy atom. The molecule has 0 aromatic heterocycles. The number of hydrogen-bond acceptors (Lipinski definition) is 0. The molecule has 0 heterocycles. The van der Waals surface area contributed by atoms with Gasteiger partial charge in [0.25, 0.3) is 0 Å². The molecule has 8 heavy (non-hydrogen) atoms. The van der Waals surface area contributed by atoms with Gasteiger partial charge in [-0.15, -0.1) is 0 Å². The Bertz CT molecular complexity index is 51.5. The Labute approximate surface area is 68.3 Å². The second-order valence-corrected chi connectivity index (χ2v) is 4.87. The van der Waals surface area contributed by atoms with E-state index < -0.39 is 0 Å². The second-order valence-electron chi connectivity index (χ2n) is 2.37. The fourth-order valence-electron chi connectivity index (χ4n) is 0.530. The fraction of sp³-hybridized carbons (Fsp3) is 1.00. The first-order valence-corrected chi connectivity index (χ1v) is 4.67. The van der Waals surface area contributed by atoms with Gasteiger partial charge in [-0.3, -0.25) is 0 Å². The normalized spacial score (nSPS) is 18.8. The average molecular weight is 244 g/mol. The summed E-state index contributed by atoms with van der Waals surface area (Å²) in [5.41, 5.74) is 0. The van der Waals surface area contributed by atoms with Crippen molar-refractivity contribution in [2.75, 3.05) is 0 Å². The van der Waals surface area contributed by atoms with E-state index in [0.717, 1.165) is 0 Å². The van der Waals surface area contributed by atoms with Gasteiger partial charge in [-0.25, -0.2) is 0 Å². The highest BCUT2D eigenvalue weighted by Crippen LogP contribution is 2.20. The summed E-state index contributed by atoms with van der Waals surface area (Å²) >= 11 is 7.05. The quantitative estimate of drug-likeness (QED) is 0.654. The number of hydrogen-bond donors (Lipinski definition) is 0. The van der Waals surface area contributed by atoms with Gasteiger partial charge in [-0.05, 0) is 5.92 Å². The van der Waals surface area contributed by atoms with Crippen molar-refractivity contribution in [3.8, 4) is 0 Å². The summed E-state index contributed by atoms with van der Waals surface area (Å²) in [4.78, 5) is 1.17. The van der Waals surface area contributed by atoms with Crippen molar-refractivity contribution >= 4 is 31.9 Å². The molecule has 0 aliphatic heterocycles. The minimum absolute atomic E-state index is 0.572. The summed E-state index contributed by atoms with van der Waals surface area (Å²) in [5.74, 6) is 0.712. The molecule has 2 heteroatoms. The van der Waals surface area contributed by atoms with Crippen LogP contribution in [0.5, 0.6) is 0 Å². The summed E-state index contributed by atoms with van der Waals surface area (Å²) < 4.78 is 0. The predicted molar refractivity (Wildman–Crippen MR) is 45.9 cm³/mol.